The molecule has 0 aliphatic carbocycles. The van der Waals surface area contributed by atoms with Crippen LogP contribution < -0.4 is 5.32 Å². The zero-order valence-electron chi connectivity index (χ0n) is 42.9. The number of aliphatic hydroxyl groups is 8. The number of ether oxygens (including phenoxy) is 4. The SMILES string of the molecule is CCCCCCCCC/C=C\CCCCCCCCCC(=O)NC(COC1OC(CO)C(OC2OC(CO)C(O)C(O)C2O)C(O)C1O)C(O)CCCCCCCCCCCCCCCCCC. The molecule has 0 aromatic carbocycles. The highest BCUT2D eigenvalue weighted by Gasteiger charge is 2.51. The van der Waals surface area contributed by atoms with Crippen molar-refractivity contribution in [1.82, 2.24) is 5.32 Å². The van der Waals surface area contributed by atoms with Crippen LogP contribution in [-0.2, 0) is 23.7 Å². The second-order valence-electron chi connectivity index (χ2n) is 20.1. The van der Waals surface area contributed by atoms with Gasteiger partial charge in [0.1, 0.15) is 48.8 Å². The zero-order chi connectivity index (χ0) is 49.6. The number of hydrogen-bond donors (Lipinski definition) is 9. The van der Waals surface area contributed by atoms with Crippen LogP contribution in [-0.4, -0.2) is 140 Å². The number of allylic oxidation sites excluding steroid dienone is 2. The molecule has 2 saturated heterocycles. The fraction of sp³-hybridized carbons (Fsp3) is 0.944. The molecule has 0 saturated carbocycles. The van der Waals surface area contributed by atoms with Crippen molar-refractivity contribution >= 4 is 5.91 Å². The minimum Gasteiger partial charge on any atom is -0.394 e. The molecule has 1 amide bonds. The summed E-state index contributed by atoms with van der Waals surface area (Å²) in [5.41, 5.74) is 0. The smallest absolute Gasteiger partial charge is 0.220 e. The fourth-order valence-corrected chi connectivity index (χ4v) is 9.41. The number of unbranched alkanes of at least 4 members (excludes halogenated alkanes) is 29. The summed E-state index contributed by atoms with van der Waals surface area (Å²) < 4.78 is 22.8. The number of amides is 1. The average molecular weight is 974 g/mol. The van der Waals surface area contributed by atoms with Crippen LogP contribution >= 0.6 is 0 Å². The van der Waals surface area contributed by atoms with Crippen LogP contribution in [0.5, 0.6) is 0 Å². The maximum absolute atomic E-state index is 13.2. The van der Waals surface area contributed by atoms with E-state index in [1.54, 1.807) is 0 Å². The van der Waals surface area contributed by atoms with Gasteiger partial charge in [0.15, 0.2) is 12.6 Å². The third kappa shape index (κ3) is 27.5. The van der Waals surface area contributed by atoms with Crippen molar-refractivity contribution in [2.45, 2.75) is 306 Å². The molecule has 2 fully saturated rings. The van der Waals surface area contributed by atoms with Crippen LogP contribution in [0.25, 0.3) is 0 Å². The fourth-order valence-electron chi connectivity index (χ4n) is 9.41. The van der Waals surface area contributed by atoms with E-state index in [1.165, 1.54) is 148 Å². The second-order valence-corrected chi connectivity index (χ2v) is 20.1. The monoisotopic (exact) mass is 974 g/mol. The van der Waals surface area contributed by atoms with E-state index in [0.717, 1.165) is 57.8 Å². The average Bonchev–Trinajstić information content (AvgIpc) is 3.34. The van der Waals surface area contributed by atoms with Crippen molar-refractivity contribution in [2.75, 3.05) is 19.8 Å². The van der Waals surface area contributed by atoms with Gasteiger partial charge in [-0.1, -0.05) is 199 Å². The summed E-state index contributed by atoms with van der Waals surface area (Å²) in [6.45, 7) is 2.87. The van der Waals surface area contributed by atoms with Crippen molar-refractivity contribution < 1.29 is 64.6 Å². The maximum atomic E-state index is 13.2. The van der Waals surface area contributed by atoms with Gasteiger partial charge in [-0.25, -0.2) is 0 Å². The third-order valence-corrected chi connectivity index (χ3v) is 14.0. The van der Waals surface area contributed by atoms with Gasteiger partial charge in [-0.3, -0.25) is 4.79 Å². The normalized spacial score (nSPS) is 26.4. The van der Waals surface area contributed by atoms with E-state index in [0.29, 0.717) is 12.8 Å². The summed E-state index contributed by atoms with van der Waals surface area (Å²) >= 11 is 0. The molecule has 2 aliphatic rings. The van der Waals surface area contributed by atoms with Gasteiger partial charge in [0.05, 0.1) is 32.0 Å². The Morgan fingerprint density at radius 2 is 0.926 bits per heavy atom. The highest BCUT2D eigenvalue weighted by Crippen LogP contribution is 2.30. The standard InChI is InChI=1S/C54H103NO13/c1-3-5-7-9-11-13-15-17-19-21-22-24-26-28-30-32-34-36-38-46(59)55-42(43(58)37-35-33-31-29-27-25-23-20-18-16-14-12-10-8-6-4-2)41-65-53-51(64)49(62)52(45(40-57)67-53)68-54-50(63)48(61)47(60)44(39-56)66-54/h19,21,42-45,47-54,56-58,60-64H,3-18,20,22-41H2,1-2H3,(H,55,59)/b21-19-. The van der Waals surface area contributed by atoms with Crippen molar-refractivity contribution in [2.24, 2.45) is 0 Å². The molecule has 0 aromatic heterocycles. The molecular formula is C54H103NO13. The first-order valence-electron chi connectivity index (χ1n) is 27.9. The van der Waals surface area contributed by atoms with Gasteiger partial charge in [-0.2, -0.15) is 0 Å². The number of carbonyl (C=O) groups excluding carboxylic acids is 1. The molecule has 2 aliphatic heterocycles. The lowest BCUT2D eigenvalue weighted by atomic mass is 9.97. The Morgan fingerprint density at radius 3 is 1.40 bits per heavy atom. The van der Waals surface area contributed by atoms with Crippen LogP contribution in [0.3, 0.4) is 0 Å². The highest BCUT2D eigenvalue weighted by molar-refractivity contribution is 5.76. The molecule has 14 heteroatoms. The molecule has 14 nitrogen and oxygen atoms in total. The van der Waals surface area contributed by atoms with Gasteiger partial charge in [-0.15, -0.1) is 0 Å². The van der Waals surface area contributed by atoms with E-state index in [-0.39, 0.29) is 12.5 Å². The van der Waals surface area contributed by atoms with Gasteiger partial charge in [-0.05, 0) is 38.5 Å². The van der Waals surface area contributed by atoms with Crippen molar-refractivity contribution in [3.8, 4) is 0 Å². The molecule has 12 atom stereocenters. The predicted molar refractivity (Wildman–Crippen MR) is 268 cm³/mol. The van der Waals surface area contributed by atoms with E-state index >= 15 is 0 Å². The number of hydrogen-bond acceptors (Lipinski definition) is 13. The first kappa shape index (κ1) is 62.8. The lowest BCUT2D eigenvalue weighted by molar-refractivity contribution is -0.359. The number of carbonyl (C=O) groups is 1. The van der Waals surface area contributed by atoms with Gasteiger partial charge in [0.25, 0.3) is 0 Å². The quantitative estimate of drug-likeness (QED) is 0.0207. The molecule has 0 spiro atoms. The van der Waals surface area contributed by atoms with Crippen LogP contribution in [0.15, 0.2) is 12.2 Å². The van der Waals surface area contributed by atoms with Gasteiger partial charge in [0, 0.05) is 6.42 Å². The van der Waals surface area contributed by atoms with Crippen molar-refractivity contribution in [1.29, 1.82) is 0 Å². The molecule has 9 N–H and O–H groups in total. The predicted octanol–water partition coefficient (Wildman–Crippen LogP) is 8.33. The van der Waals surface area contributed by atoms with E-state index in [9.17, 15) is 45.6 Å². The number of aliphatic hydroxyl groups excluding tert-OH is 8. The summed E-state index contributed by atoms with van der Waals surface area (Å²) in [6, 6.07) is -0.827. The van der Waals surface area contributed by atoms with Gasteiger partial charge < -0.3 is 65.1 Å². The van der Waals surface area contributed by atoms with E-state index in [2.05, 4.69) is 31.3 Å². The summed E-state index contributed by atoms with van der Waals surface area (Å²) in [6.07, 6.45) is 27.7. The van der Waals surface area contributed by atoms with Gasteiger partial charge in [0.2, 0.25) is 5.91 Å². The molecular weight excluding hydrogens is 871 g/mol. The molecule has 402 valence electrons. The Labute approximate surface area is 412 Å². The topological polar surface area (TPSA) is 228 Å². The van der Waals surface area contributed by atoms with Crippen LogP contribution in [0.4, 0.5) is 0 Å². The van der Waals surface area contributed by atoms with Crippen molar-refractivity contribution in [3.63, 3.8) is 0 Å². The minimum absolute atomic E-state index is 0.209. The molecule has 0 aromatic rings. The molecule has 12 unspecified atom stereocenters. The maximum Gasteiger partial charge on any atom is 0.220 e. The van der Waals surface area contributed by atoms with Gasteiger partial charge >= 0.3 is 0 Å². The van der Waals surface area contributed by atoms with Crippen LogP contribution in [0.1, 0.15) is 232 Å². The number of nitrogens with one attached hydrogen (secondary N) is 1. The summed E-state index contributed by atoms with van der Waals surface area (Å²) in [4.78, 5) is 13.2. The Hall–Kier alpha value is -1.27. The summed E-state index contributed by atoms with van der Waals surface area (Å²) in [7, 11) is 0. The lowest BCUT2D eigenvalue weighted by Gasteiger charge is -2.46. The largest absolute Gasteiger partial charge is 0.394 e. The van der Waals surface area contributed by atoms with E-state index in [4.69, 9.17) is 18.9 Å². The zero-order valence-corrected chi connectivity index (χ0v) is 42.9. The first-order valence-corrected chi connectivity index (χ1v) is 27.9. The summed E-state index contributed by atoms with van der Waals surface area (Å²) in [5.74, 6) is -0.209. The van der Waals surface area contributed by atoms with Crippen LogP contribution in [0, 0.1) is 0 Å². The Bertz CT molecular complexity index is 1200. The second kappa shape index (κ2) is 41.2. The molecule has 0 radical (unpaired) electrons. The Kier molecular flexibility index (Phi) is 38.1. The molecule has 2 rings (SSSR count). The Morgan fingerprint density at radius 1 is 0.515 bits per heavy atom. The van der Waals surface area contributed by atoms with Crippen LogP contribution in [0.2, 0.25) is 0 Å². The van der Waals surface area contributed by atoms with E-state index < -0.39 is 86.8 Å². The van der Waals surface area contributed by atoms with E-state index in [1.807, 2.05) is 0 Å². The molecule has 2 heterocycles. The highest BCUT2D eigenvalue weighted by atomic mass is 16.7. The molecule has 0 bridgehead atoms. The third-order valence-electron chi connectivity index (χ3n) is 14.0. The summed E-state index contributed by atoms with van der Waals surface area (Å²) in [5, 5.41) is 87.1. The van der Waals surface area contributed by atoms with Crippen molar-refractivity contribution in [3.05, 3.63) is 12.2 Å². The number of rotatable bonds is 44. The first-order chi connectivity index (χ1) is 33.1. The molecule has 68 heavy (non-hydrogen) atoms. The minimum atomic E-state index is -1.78. The Balaban J connectivity index is 1.79. The lowest BCUT2D eigenvalue weighted by Crippen LogP contribution is -2.65.